The van der Waals surface area contributed by atoms with Crippen molar-refractivity contribution < 1.29 is 9.59 Å². The molecule has 3 rings (SSSR count). The van der Waals surface area contributed by atoms with Gasteiger partial charge in [0.05, 0.1) is 0 Å². The Morgan fingerprint density at radius 1 is 1.12 bits per heavy atom. The molecular formula is C24H38IN5O2. The molecule has 1 saturated carbocycles. The molecule has 0 radical (unpaired) electrons. The van der Waals surface area contributed by atoms with E-state index in [1.165, 1.54) is 24.8 Å². The topological polar surface area (TPSA) is 85.8 Å². The summed E-state index contributed by atoms with van der Waals surface area (Å²) in [5.74, 6) is 1.28. The van der Waals surface area contributed by atoms with Crippen LogP contribution >= 0.6 is 24.0 Å². The predicted molar refractivity (Wildman–Crippen MR) is 139 cm³/mol. The summed E-state index contributed by atoms with van der Waals surface area (Å²) in [5.41, 5.74) is 1.26. The Bertz CT molecular complexity index is 737. The van der Waals surface area contributed by atoms with Crippen LogP contribution in [0.5, 0.6) is 0 Å². The third-order valence-corrected chi connectivity index (χ3v) is 6.20. The highest BCUT2D eigenvalue weighted by atomic mass is 127. The number of nitrogens with one attached hydrogen (secondary N) is 3. The lowest BCUT2D eigenvalue weighted by molar-refractivity contribution is -0.127. The van der Waals surface area contributed by atoms with Gasteiger partial charge in [-0.05, 0) is 24.8 Å². The molecule has 1 aliphatic heterocycles. The summed E-state index contributed by atoms with van der Waals surface area (Å²) in [6.07, 6.45) is 7.82. The van der Waals surface area contributed by atoms with Gasteiger partial charge >= 0.3 is 0 Å². The molecule has 1 aromatic rings. The predicted octanol–water partition coefficient (Wildman–Crippen LogP) is 2.70. The highest BCUT2D eigenvalue weighted by molar-refractivity contribution is 14.0. The van der Waals surface area contributed by atoms with Crippen LogP contribution in [0.1, 0.15) is 50.5 Å². The van der Waals surface area contributed by atoms with E-state index in [2.05, 4.69) is 33.1 Å². The molecule has 2 fully saturated rings. The van der Waals surface area contributed by atoms with Gasteiger partial charge in [0.1, 0.15) is 0 Å². The Hall–Kier alpha value is -1.84. The van der Waals surface area contributed by atoms with E-state index in [1.807, 2.05) is 23.1 Å². The van der Waals surface area contributed by atoms with Gasteiger partial charge in [-0.25, -0.2) is 0 Å². The van der Waals surface area contributed by atoms with Crippen molar-refractivity contribution in [3.8, 4) is 0 Å². The molecule has 1 aliphatic carbocycles. The first-order chi connectivity index (χ1) is 15.1. The first kappa shape index (κ1) is 26.4. The number of halogens is 1. The van der Waals surface area contributed by atoms with E-state index in [0.29, 0.717) is 37.9 Å². The maximum Gasteiger partial charge on any atom is 0.223 e. The smallest absolute Gasteiger partial charge is 0.223 e. The lowest BCUT2D eigenvalue weighted by Gasteiger charge is -2.23. The molecule has 0 spiro atoms. The standard InChI is InChI=1S/C24H37N5O2.HI/c1-25-24(26-14-12-22(30)28-21-10-6-3-7-11-21)27-17-20-16-23(31)29(18-20)15-13-19-8-4-2-5-9-19;/h2,4-5,8-9,20-21H,3,6-7,10-18H2,1H3,(H,28,30)(H2,25,26,27);1H. The molecule has 1 atom stereocenters. The molecule has 2 aliphatic rings. The second kappa shape index (κ2) is 14.3. The summed E-state index contributed by atoms with van der Waals surface area (Å²) in [4.78, 5) is 30.7. The second-order valence-corrected chi connectivity index (χ2v) is 8.68. The van der Waals surface area contributed by atoms with Crippen molar-refractivity contribution in [1.29, 1.82) is 0 Å². The summed E-state index contributed by atoms with van der Waals surface area (Å²) in [5, 5.41) is 9.66. The zero-order valence-electron chi connectivity index (χ0n) is 19.1. The number of hydrogen-bond acceptors (Lipinski definition) is 3. The fourth-order valence-corrected chi connectivity index (χ4v) is 4.42. The Morgan fingerprint density at radius 3 is 2.59 bits per heavy atom. The molecule has 1 unspecified atom stereocenters. The van der Waals surface area contributed by atoms with E-state index >= 15 is 0 Å². The van der Waals surface area contributed by atoms with E-state index in [4.69, 9.17) is 0 Å². The number of benzene rings is 1. The molecule has 1 heterocycles. The van der Waals surface area contributed by atoms with Crippen LogP contribution in [0.2, 0.25) is 0 Å². The SMILES string of the molecule is CN=C(NCCC(=O)NC1CCCCC1)NCC1CC(=O)N(CCc2ccccc2)C1.I. The Morgan fingerprint density at radius 2 is 1.88 bits per heavy atom. The van der Waals surface area contributed by atoms with E-state index in [1.54, 1.807) is 7.05 Å². The van der Waals surface area contributed by atoms with Gasteiger partial charge in [0.15, 0.2) is 5.96 Å². The third-order valence-electron chi connectivity index (χ3n) is 6.20. The summed E-state index contributed by atoms with van der Waals surface area (Å²) < 4.78 is 0. The maximum absolute atomic E-state index is 12.3. The molecule has 0 aromatic heterocycles. The van der Waals surface area contributed by atoms with Gasteiger partial charge in [-0.3, -0.25) is 14.6 Å². The molecule has 3 N–H and O–H groups in total. The Balaban J connectivity index is 0.00000363. The van der Waals surface area contributed by atoms with Gasteiger partial charge in [-0.1, -0.05) is 49.6 Å². The molecule has 178 valence electrons. The fourth-order valence-electron chi connectivity index (χ4n) is 4.42. The van der Waals surface area contributed by atoms with E-state index in [9.17, 15) is 9.59 Å². The first-order valence-corrected chi connectivity index (χ1v) is 11.7. The van der Waals surface area contributed by atoms with Gasteiger partial charge < -0.3 is 20.9 Å². The second-order valence-electron chi connectivity index (χ2n) is 8.68. The molecule has 0 bridgehead atoms. The molecular weight excluding hydrogens is 517 g/mol. The average Bonchev–Trinajstić information content (AvgIpc) is 3.15. The van der Waals surface area contributed by atoms with Crippen molar-refractivity contribution in [2.24, 2.45) is 10.9 Å². The van der Waals surface area contributed by atoms with Crippen LogP contribution in [-0.4, -0.2) is 61.9 Å². The number of rotatable bonds is 9. The van der Waals surface area contributed by atoms with Gasteiger partial charge in [0, 0.05) is 58.0 Å². The van der Waals surface area contributed by atoms with Crippen LogP contribution in [0.25, 0.3) is 0 Å². The Kier molecular flexibility index (Phi) is 11.8. The number of amides is 2. The number of guanidine groups is 1. The van der Waals surface area contributed by atoms with Crippen LogP contribution < -0.4 is 16.0 Å². The van der Waals surface area contributed by atoms with Crippen LogP contribution in [0.3, 0.4) is 0 Å². The van der Waals surface area contributed by atoms with Gasteiger partial charge in [0.2, 0.25) is 11.8 Å². The van der Waals surface area contributed by atoms with Crippen LogP contribution in [0.4, 0.5) is 0 Å². The largest absolute Gasteiger partial charge is 0.356 e. The summed E-state index contributed by atoms with van der Waals surface area (Å²) in [6, 6.07) is 10.6. The van der Waals surface area contributed by atoms with Crippen molar-refractivity contribution in [2.75, 3.05) is 33.2 Å². The number of likely N-dealkylation sites (tertiary alicyclic amines) is 1. The third kappa shape index (κ3) is 8.96. The molecule has 32 heavy (non-hydrogen) atoms. The van der Waals surface area contributed by atoms with Crippen molar-refractivity contribution in [3.05, 3.63) is 35.9 Å². The molecule has 7 nitrogen and oxygen atoms in total. The zero-order chi connectivity index (χ0) is 21.9. The number of hydrogen-bond donors (Lipinski definition) is 3. The van der Waals surface area contributed by atoms with Crippen molar-refractivity contribution in [2.45, 2.75) is 57.4 Å². The molecule has 1 saturated heterocycles. The lowest BCUT2D eigenvalue weighted by Crippen LogP contribution is -2.42. The number of carbonyl (C=O) groups is 2. The number of carbonyl (C=O) groups excluding carboxylic acids is 2. The van der Waals surface area contributed by atoms with Gasteiger partial charge in [-0.15, -0.1) is 24.0 Å². The van der Waals surface area contributed by atoms with Crippen molar-refractivity contribution in [1.82, 2.24) is 20.9 Å². The summed E-state index contributed by atoms with van der Waals surface area (Å²) >= 11 is 0. The van der Waals surface area contributed by atoms with Crippen LogP contribution in [-0.2, 0) is 16.0 Å². The summed E-state index contributed by atoms with van der Waals surface area (Å²) in [6.45, 7) is 2.79. The van der Waals surface area contributed by atoms with E-state index in [-0.39, 0.29) is 41.7 Å². The average molecular weight is 556 g/mol. The minimum atomic E-state index is 0. The van der Waals surface area contributed by atoms with Gasteiger partial charge in [0.25, 0.3) is 0 Å². The Labute approximate surface area is 209 Å². The quantitative estimate of drug-likeness (QED) is 0.249. The van der Waals surface area contributed by atoms with Crippen LogP contribution in [0.15, 0.2) is 35.3 Å². The highest BCUT2D eigenvalue weighted by Crippen LogP contribution is 2.18. The zero-order valence-corrected chi connectivity index (χ0v) is 21.5. The van der Waals surface area contributed by atoms with Crippen LogP contribution in [0, 0.1) is 5.92 Å². The first-order valence-electron chi connectivity index (χ1n) is 11.7. The number of aliphatic imine (C=N–C) groups is 1. The minimum absolute atomic E-state index is 0. The monoisotopic (exact) mass is 555 g/mol. The molecule has 1 aromatic carbocycles. The molecule has 2 amide bonds. The lowest BCUT2D eigenvalue weighted by atomic mass is 9.95. The summed E-state index contributed by atoms with van der Waals surface area (Å²) in [7, 11) is 1.73. The highest BCUT2D eigenvalue weighted by Gasteiger charge is 2.29. The maximum atomic E-state index is 12.3. The van der Waals surface area contributed by atoms with Crippen molar-refractivity contribution >= 4 is 41.8 Å². The molecule has 8 heteroatoms. The number of nitrogens with zero attached hydrogens (tertiary/aromatic N) is 2. The normalized spacial score (nSPS) is 19.4. The van der Waals surface area contributed by atoms with Crippen molar-refractivity contribution in [3.63, 3.8) is 0 Å². The fraction of sp³-hybridized carbons (Fsp3) is 0.625. The van der Waals surface area contributed by atoms with E-state index in [0.717, 1.165) is 32.4 Å². The van der Waals surface area contributed by atoms with Gasteiger partial charge in [-0.2, -0.15) is 0 Å². The minimum Gasteiger partial charge on any atom is -0.356 e. The van der Waals surface area contributed by atoms with E-state index < -0.39 is 0 Å².